The molecule has 1 N–H and O–H groups in total. The summed E-state index contributed by atoms with van der Waals surface area (Å²) in [7, 11) is 0. The Kier molecular flexibility index (Phi) is 3.56. The zero-order valence-corrected chi connectivity index (χ0v) is 8.48. The van der Waals surface area contributed by atoms with Crippen molar-refractivity contribution in [1.82, 2.24) is 4.98 Å². The summed E-state index contributed by atoms with van der Waals surface area (Å²) in [6, 6.07) is 0. The van der Waals surface area contributed by atoms with Gasteiger partial charge in [0.1, 0.15) is 10.7 Å². The van der Waals surface area contributed by atoms with Crippen molar-refractivity contribution in [1.29, 1.82) is 0 Å². The molecule has 1 aromatic heterocycles. The van der Waals surface area contributed by atoms with Gasteiger partial charge >= 0.3 is 12.1 Å². The van der Waals surface area contributed by atoms with E-state index in [0.717, 1.165) is 0 Å². The Morgan fingerprint density at radius 1 is 1.41 bits per heavy atom. The second-order valence-electron chi connectivity index (χ2n) is 2.85. The quantitative estimate of drug-likeness (QED) is 0.665. The van der Waals surface area contributed by atoms with Crippen LogP contribution in [0.25, 0.3) is 0 Å². The number of halogens is 6. The van der Waals surface area contributed by atoms with Gasteiger partial charge in [-0.25, -0.2) is 18.6 Å². The molecule has 0 aromatic carbocycles. The predicted molar refractivity (Wildman–Crippen MR) is 46.2 cm³/mol. The molecule has 1 rings (SSSR count). The first-order valence-corrected chi connectivity index (χ1v) is 4.31. The van der Waals surface area contributed by atoms with Crippen LogP contribution in [0.1, 0.15) is 27.9 Å². The smallest absolute Gasteiger partial charge is 0.418 e. The molecule has 0 atom stereocenters. The molecule has 1 heterocycles. The first kappa shape index (κ1) is 13.6. The van der Waals surface area contributed by atoms with Gasteiger partial charge in [-0.3, -0.25) is 0 Å². The van der Waals surface area contributed by atoms with Crippen LogP contribution in [0.3, 0.4) is 0 Å². The van der Waals surface area contributed by atoms with Gasteiger partial charge in [-0.05, 0) is 0 Å². The normalized spacial score (nSPS) is 11.9. The molecule has 0 fully saturated rings. The molecule has 17 heavy (non-hydrogen) atoms. The van der Waals surface area contributed by atoms with Crippen molar-refractivity contribution in [3.8, 4) is 0 Å². The number of carbonyl (C=O) groups is 1. The largest absolute Gasteiger partial charge is 0.478 e. The summed E-state index contributed by atoms with van der Waals surface area (Å²) in [6.07, 6.45) is -8.68. The maximum absolute atomic E-state index is 12.5. The third kappa shape index (κ3) is 2.63. The summed E-state index contributed by atoms with van der Waals surface area (Å²) in [6.45, 7) is 0. The Hall–Kier alpha value is -1.44. The van der Waals surface area contributed by atoms with Crippen LogP contribution in [0.4, 0.5) is 22.0 Å². The Morgan fingerprint density at radius 3 is 2.29 bits per heavy atom. The monoisotopic (exact) mass is 275 g/mol. The van der Waals surface area contributed by atoms with E-state index in [1.807, 2.05) is 0 Å². The molecule has 0 saturated heterocycles. The van der Waals surface area contributed by atoms with E-state index in [1.54, 1.807) is 0 Å². The van der Waals surface area contributed by atoms with Gasteiger partial charge in [0, 0.05) is 11.8 Å². The van der Waals surface area contributed by atoms with Gasteiger partial charge in [0.25, 0.3) is 6.43 Å². The summed E-state index contributed by atoms with van der Waals surface area (Å²) in [5.74, 6) is -2.00. The van der Waals surface area contributed by atoms with E-state index < -0.39 is 40.4 Å². The molecule has 9 heteroatoms. The predicted octanol–water partition coefficient (Wildman–Crippen LogP) is 3.39. The van der Waals surface area contributed by atoms with Crippen molar-refractivity contribution in [2.75, 3.05) is 0 Å². The topological polar surface area (TPSA) is 50.2 Å². The molecule has 0 saturated carbocycles. The molecule has 1 aromatic rings. The summed E-state index contributed by atoms with van der Waals surface area (Å²) in [5.41, 5.74) is -4.82. The minimum atomic E-state index is -5.13. The highest BCUT2D eigenvalue weighted by Crippen LogP contribution is 2.39. The number of alkyl halides is 5. The van der Waals surface area contributed by atoms with Gasteiger partial charge in [0.2, 0.25) is 0 Å². The zero-order valence-electron chi connectivity index (χ0n) is 7.73. The lowest BCUT2D eigenvalue weighted by Gasteiger charge is -2.14. The minimum Gasteiger partial charge on any atom is -0.478 e. The molecule has 0 radical (unpaired) electrons. The maximum Gasteiger partial charge on any atom is 0.418 e. The summed E-state index contributed by atoms with van der Waals surface area (Å²) in [5, 5.41) is 7.64. The third-order valence-electron chi connectivity index (χ3n) is 1.81. The van der Waals surface area contributed by atoms with Crippen LogP contribution in [-0.2, 0) is 6.18 Å². The first-order valence-electron chi connectivity index (χ1n) is 3.93. The number of aromatic nitrogens is 1. The molecular weight excluding hydrogens is 273 g/mol. The number of aromatic carboxylic acids is 1. The van der Waals surface area contributed by atoms with Gasteiger partial charge in [0.05, 0.1) is 5.56 Å². The number of nitrogens with zero attached hydrogens (tertiary/aromatic N) is 1. The van der Waals surface area contributed by atoms with Gasteiger partial charge < -0.3 is 5.11 Å². The zero-order chi connectivity index (χ0) is 13.4. The molecule has 0 aliphatic rings. The second-order valence-corrected chi connectivity index (χ2v) is 3.21. The van der Waals surface area contributed by atoms with Crippen molar-refractivity contribution in [2.45, 2.75) is 12.6 Å². The molecule has 0 aliphatic carbocycles. The highest BCUT2D eigenvalue weighted by atomic mass is 35.5. The average Bonchev–Trinajstić information content (AvgIpc) is 2.14. The number of hydrogen-bond acceptors (Lipinski definition) is 2. The van der Waals surface area contributed by atoms with Crippen molar-refractivity contribution >= 4 is 17.6 Å². The Bertz CT molecular complexity index is 460. The second kappa shape index (κ2) is 4.44. The highest BCUT2D eigenvalue weighted by molar-refractivity contribution is 6.32. The van der Waals surface area contributed by atoms with Gasteiger partial charge in [0.15, 0.2) is 0 Å². The van der Waals surface area contributed by atoms with E-state index in [4.69, 9.17) is 16.7 Å². The van der Waals surface area contributed by atoms with Crippen LogP contribution in [0.2, 0.25) is 5.15 Å². The molecule has 3 nitrogen and oxygen atoms in total. The summed E-state index contributed by atoms with van der Waals surface area (Å²) in [4.78, 5) is 13.5. The maximum atomic E-state index is 12.5. The number of carboxylic acids is 1. The lowest BCUT2D eigenvalue weighted by atomic mass is 10.0. The fourth-order valence-corrected chi connectivity index (χ4v) is 1.39. The first-order chi connectivity index (χ1) is 7.66. The Labute approximate surface area is 95.8 Å². The van der Waals surface area contributed by atoms with Gasteiger partial charge in [-0.1, -0.05) is 11.6 Å². The van der Waals surface area contributed by atoms with Crippen molar-refractivity contribution in [3.05, 3.63) is 28.0 Å². The molecule has 0 spiro atoms. The highest BCUT2D eigenvalue weighted by Gasteiger charge is 2.39. The number of pyridine rings is 1. The SMILES string of the molecule is O=C(O)c1c(Cl)ncc(C(F)(F)F)c1C(F)F. The number of carboxylic acid groups (broad SMARTS) is 1. The van der Waals surface area contributed by atoms with Gasteiger partial charge in [-0.2, -0.15) is 13.2 Å². The van der Waals surface area contributed by atoms with E-state index >= 15 is 0 Å². The molecule has 0 bridgehead atoms. The molecule has 0 amide bonds. The van der Waals surface area contributed by atoms with Crippen LogP contribution in [0.5, 0.6) is 0 Å². The van der Waals surface area contributed by atoms with E-state index in [0.29, 0.717) is 0 Å². The fourth-order valence-electron chi connectivity index (χ4n) is 1.16. The van der Waals surface area contributed by atoms with Crippen LogP contribution >= 0.6 is 11.6 Å². The lowest BCUT2D eigenvalue weighted by Crippen LogP contribution is -2.15. The van der Waals surface area contributed by atoms with E-state index in [2.05, 4.69) is 4.98 Å². The van der Waals surface area contributed by atoms with Crippen LogP contribution in [0.15, 0.2) is 6.20 Å². The van der Waals surface area contributed by atoms with Crippen LogP contribution < -0.4 is 0 Å². The third-order valence-corrected chi connectivity index (χ3v) is 2.10. The molecular formula is C8H3ClF5NO2. The number of hydrogen-bond donors (Lipinski definition) is 1. The fraction of sp³-hybridized carbons (Fsp3) is 0.250. The standard InChI is InChI=1S/C8H3ClF5NO2/c9-5-4(7(16)17)3(6(10)11)2(1-15-5)8(12,13)14/h1,6H,(H,16,17). The number of rotatable bonds is 2. The van der Waals surface area contributed by atoms with E-state index in [1.165, 1.54) is 0 Å². The molecule has 94 valence electrons. The van der Waals surface area contributed by atoms with Crippen molar-refractivity contribution < 1.29 is 31.9 Å². The average molecular weight is 276 g/mol. The lowest BCUT2D eigenvalue weighted by molar-refractivity contribution is -0.139. The van der Waals surface area contributed by atoms with Crippen LogP contribution in [0, 0.1) is 0 Å². The van der Waals surface area contributed by atoms with E-state index in [9.17, 15) is 26.7 Å². The molecule has 0 aliphatic heterocycles. The summed E-state index contributed by atoms with van der Waals surface area (Å²) >= 11 is 5.20. The van der Waals surface area contributed by atoms with Gasteiger partial charge in [-0.15, -0.1) is 0 Å². The summed E-state index contributed by atoms with van der Waals surface area (Å²) < 4.78 is 62.1. The molecule has 0 unspecified atom stereocenters. The van der Waals surface area contributed by atoms with Crippen LogP contribution in [-0.4, -0.2) is 16.1 Å². The Balaban J connectivity index is 3.65. The minimum absolute atomic E-state index is 0.0796. The van der Waals surface area contributed by atoms with E-state index in [-0.39, 0.29) is 6.20 Å². The Morgan fingerprint density at radius 2 is 1.94 bits per heavy atom. The van der Waals surface area contributed by atoms with Crippen molar-refractivity contribution in [3.63, 3.8) is 0 Å². The van der Waals surface area contributed by atoms with Crippen molar-refractivity contribution in [2.24, 2.45) is 0 Å².